The molecular weight excluding hydrogens is 429 g/mol. The lowest BCUT2D eigenvalue weighted by Crippen LogP contribution is -2.28. The minimum Gasteiger partial charge on any atom is -0.324 e. The number of alkyl halides is 3. The number of nitrogens with one attached hydrogen (secondary N) is 2. The molecule has 0 spiro atoms. The second kappa shape index (κ2) is 9.43. The predicted molar refractivity (Wildman–Crippen MR) is 106 cm³/mol. The molecule has 3 rings (SSSR count). The summed E-state index contributed by atoms with van der Waals surface area (Å²) >= 11 is 7.58. The Hall–Kier alpha value is -1.67. The molecule has 158 valence electrons. The Morgan fingerprint density at radius 1 is 1.48 bits per heavy atom. The highest BCUT2D eigenvalue weighted by Gasteiger charge is 2.37. The Balaban J connectivity index is 1.64. The van der Waals surface area contributed by atoms with E-state index in [1.165, 1.54) is 11.8 Å². The lowest BCUT2D eigenvalue weighted by Gasteiger charge is -2.12. The third kappa shape index (κ3) is 5.69. The first kappa shape index (κ1) is 22.0. The predicted octanol–water partition coefficient (Wildman–Crippen LogP) is 1.95. The number of anilines is 1. The normalized spacial score (nSPS) is 27.1. The van der Waals surface area contributed by atoms with Crippen LogP contribution >= 0.6 is 23.4 Å². The molecule has 2 aliphatic heterocycles. The van der Waals surface area contributed by atoms with Gasteiger partial charge in [0.05, 0.1) is 22.2 Å². The van der Waals surface area contributed by atoms with Gasteiger partial charge in [0.1, 0.15) is 0 Å². The fourth-order valence-electron chi connectivity index (χ4n) is 3.16. The van der Waals surface area contributed by atoms with Crippen LogP contribution in [0.25, 0.3) is 0 Å². The monoisotopic (exact) mass is 448 g/mol. The van der Waals surface area contributed by atoms with Gasteiger partial charge in [0.15, 0.2) is 5.82 Å². The van der Waals surface area contributed by atoms with Gasteiger partial charge in [0.25, 0.3) is 12.0 Å². The molecule has 2 N–H and O–H groups in total. The number of aromatic nitrogens is 1. The van der Waals surface area contributed by atoms with Crippen LogP contribution in [0, 0.1) is 29.5 Å². The van der Waals surface area contributed by atoms with Gasteiger partial charge in [-0.25, -0.2) is 18.2 Å². The highest BCUT2D eigenvalue weighted by atomic mass is 35.5. The van der Waals surface area contributed by atoms with Gasteiger partial charge in [-0.1, -0.05) is 11.8 Å². The van der Waals surface area contributed by atoms with E-state index in [0.717, 1.165) is 25.4 Å². The van der Waals surface area contributed by atoms with Gasteiger partial charge >= 0.3 is 0 Å². The molecule has 0 saturated carbocycles. The summed E-state index contributed by atoms with van der Waals surface area (Å²) < 4.78 is 39.0. The average Bonchev–Trinajstić information content (AvgIpc) is 3.22. The van der Waals surface area contributed by atoms with Crippen molar-refractivity contribution in [3.63, 3.8) is 0 Å². The van der Waals surface area contributed by atoms with E-state index in [0.29, 0.717) is 11.0 Å². The van der Waals surface area contributed by atoms with Crippen LogP contribution in [0.15, 0.2) is 17.1 Å². The van der Waals surface area contributed by atoms with E-state index >= 15 is 0 Å². The summed E-state index contributed by atoms with van der Waals surface area (Å²) in [6.45, 7) is 0.619. The van der Waals surface area contributed by atoms with Crippen molar-refractivity contribution >= 4 is 35.0 Å². The molecule has 2 aliphatic rings. The molecule has 0 radical (unpaired) electrons. The summed E-state index contributed by atoms with van der Waals surface area (Å²) in [5, 5.41) is 3.93. The largest absolute Gasteiger partial charge is 0.324 e. The third-order valence-corrected chi connectivity index (χ3v) is 6.53. The lowest BCUT2D eigenvalue weighted by molar-refractivity contribution is -0.115. The second-order valence-corrected chi connectivity index (χ2v) is 9.04. The van der Waals surface area contributed by atoms with Crippen LogP contribution in [-0.2, 0) is 11.3 Å². The van der Waals surface area contributed by atoms with Crippen molar-refractivity contribution in [3.8, 4) is 11.8 Å². The number of carbonyl (C=O) groups excluding carboxylic acids is 1. The first-order valence-electron chi connectivity index (χ1n) is 8.97. The molecule has 0 aliphatic carbocycles. The van der Waals surface area contributed by atoms with Crippen molar-refractivity contribution in [2.45, 2.75) is 29.4 Å². The molecule has 0 aromatic carbocycles. The molecule has 1 aromatic rings. The first-order valence-corrected chi connectivity index (χ1v) is 10.3. The van der Waals surface area contributed by atoms with Gasteiger partial charge in [-0.05, 0) is 6.42 Å². The van der Waals surface area contributed by atoms with Crippen LogP contribution in [0.4, 0.5) is 18.9 Å². The number of pyridine rings is 1. The van der Waals surface area contributed by atoms with Gasteiger partial charge < -0.3 is 9.88 Å². The second-order valence-electron chi connectivity index (χ2n) is 6.96. The number of hydrazine groups is 1. The molecule has 29 heavy (non-hydrogen) atoms. The highest BCUT2D eigenvalue weighted by molar-refractivity contribution is 8.02. The van der Waals surface area contributed by atoms with Crippen molar-refractivity contribution in [1.82, 2.24) is 15.0 Å². The molecule has 4 atom stereocenters. The summed E-state index contributed by atoms with van der Waals surface area (Å²) in [6, 6.07) is 0.820. The summed E-state index contributed by atoms with van der Waals surface area (Å²) in [4.78, 5) is 24.1. The Labute approximate surface area is 175 Å². The minimum atomic E-state index is -2.82. The molecule has 1 aromatic heterocycles. The van der Waals surface area contributed by atoms with Gasteiger partial charge in [-0.2, -0.15) is 0 Å². The molecule has 2 fully saturated rings. The zero-order valence-electron chi connectivity index (χ0n) is 15.5. The number of nitrogens with zero attached hydrogens (tertiary/aromatic N) is 2. The maximum Gasteiger partial charge on any atom is 0.286 e. The van der Waals surface area contributed by atoms with Crippen molar-refractivity contribution in [2.24, 2.45) is 11.8 Å². The number of thioether (sulfide) groups is 1. The number of amides is 1. The summed E-state index contributed by atoms with van der Waals surface area (Å²) in [5.41, 5.74) is 1.94. The molecule has 2 saturated heterocycles. The number of rotatable bonds is 4. The Morgan fingerprint density at radius 3 is 2.90 bits per heavy atom. The van der Waals surface area contributed by atoms with E-state index < -0.39 is 35.5 Å². The number of hydrogen-bond donors (Lipinski definition) is 2. The molecule has 1 amide bonds. The van der Waals surface area contributed by atoms with Crippen LogP contribution in [0.2, 0.25) is 0 Å². The van der Waals surface area contributed by atoms with Gasteiger partial charge in [-0.3, -0.25) is 15.0 Å². The lowest BCUT2D eigenvalue weighted by atomic mass is 10.0. The van der Waals surface area contributed by atoms with E-state index in [1.54, 1.807) is 0 Å². The summed E-state index contributed by atoms with van der Waals surface area (Å²) in [6.07, 6.45) is -1.39. The van der Waals surface area contributed by atoms with E-state index in [4.69, 9.17) is 11.6 Å². The average molecular weight is 449 g/mol. The van der Waals surface area contributed by atoms with Crippen LogP contribution in [0.5, 0.6) is 0 Å². The van der Waals surface area contributed by atoms with Crippen molar-refractivity contribution < 1.29 is 18.0 Å². The maximum atomic E-state index is 13.7. The molecule has 6 nitrogen and oxygen atoms in total. The van der Waals surface area contributed by atoms with Crippen molar-refractivity contribution in [3.05, 3.63) is 28.4 Å². The first-order chi connectivity index (χ1) is 13.7. The van der Waals surface area contributed by atoms with Crippen LogP contribution in [0.3, 0.4) is 0 Å². The van der Waals surface area contributed by atoms with Gasteiger partial charge in [0.2, 0.25) is 5.91 Å². The van der Waals surface area contributed by atoms with Crippen LogP contribution in [-0.4, -0.2) is 52.0 Å². The fourth-order valence-corrected chi connectivity index (χ4v) is 4.88. The zero-order chi connectivity index (χ0) is 21.1. The van der Waals surface area contributed by atoms with Gasteiger partial charge in [0, 0.05) is 44.2 Å². The van der Waals surface area contributed by atoms with Crippen LogP contribution in [0.1, 0.15) is 6.42 Å². The van der Waals surface area contributed by atoms with Crippen molar-refractivity contribution in [1.29, 1.82) is 0 Å². The summed E-state index contributed by atoms with van der Waals surface area (Å²) in [7, 11) is 1.94. The number of hydrogen-bond acceptors (Lipinski definition) is 5. The smallest absolute Gasteiger partial charge is 0.286 e. The Morgan fingerprint density at radius 2 is 2.24 bits per heavy atom. The third-order valence-electron chi connectivity index (χ3n) is 4.59. The van der Waals surface area contributed by atoms with E-state index in [9.17, 15) is 22.8 Å². The van der Waals surface area contributed by atoms with E-state index in [-0.39, 0.29) is 22.2 Å². The standard InChI is InChI=1S/C18H20ClF3N4O2S/c1-25-7-10(6-23-25)2-3-11-4-14(29-16(11)19)17(27)24-12-5-13(20)18(28)26(8-12)9-15(21)22/h5,8,10-11,14-16,23H,4,6-7,9H2,1H3,(H,24,27). The number of halogens is 4. The molecule has 4 unspecified atom stereocenters. The van der Waals surface area contributed by atoms with E-state index in [1.807, 2.05) is 12.1 Å². The minimum absolute atomic E-state index is 0.0610. The highest BCUT2D eigenvalue weighted by Crippen LogP contribution is 2.41. The Kier molecular flexibility index (Phi) is 7.16. The molecule has 0 bridgehead atoms. The molecule has 11 heteroatoms. The molecule has 3 heterocycles. The maximum absolute atomic E-state index is 13.7. The fraction of sp³-hybridized carbons (Fsp3) is 0.556. The summed E-state index contributed by atoms with van der Waals surface area (Å²) in [5.74, 6) is 4.72. The molecular formula is C18H20ClF3N4O2S. The number of carbonyl (C=O) groups is 1. The quantitative estimate of drug-likeness (QED) is 0.544. The Bertz CT molecular complexity index is 888. The van der Waals surface area contributed by atoms with Crippen molar-refractivity contribution in [2.75, 3.05) is 25.5 Å². The SMILES string of the molecule is CN1CC(C#CC2CC(C(=O)Nc3cc(F)c(=O)n(CC(F)F)c3)SC2Cl)CN1. The van der Waals surface area contributed by atoms with E-state index in [2.05, 4.69) is 22.6 Å². The zero-order valence-corrected chi connectivity index (χ0v) is 17.1. The topological polar surface area (TPSA) is 66.4 Å². The van der Waals surface area contributed by atoms with Gasteiger partial charge in [-0.15, -0.1) is 23.4 Å². The van der Waals surface area contributed by atoms with Crippen LogP contribution < -0.4 is 16.3 Å².